The predicted octanol–water partition coefficient (Wildman–Crippen LogP) is 3.92. The first kappa shape index (κ1) is 15.0. The maximum atomic E-state index is 12.3. The fraction of sp³-hybridized carbons (Fsp3) is 0.143. The largest absolute Gasteiger partial charge is 0.376 e. The average Bonchev–Trinajstić information content (AvgIpc) is 2.38. The van der Waals surface area contributed by atoms with Crippen LogP contribution in [0.5, 0.6) is 0 Å². The number of carbonyl (C=O) groups is 1. The zero-order valence-electron chi connectivity index (χ0n) is 11.0. The lowest BCUT2D eigenvalue weighted by molar-refractivity contribution is 0.102. The van der Waals surface area contributed by atoms with Gasteiger partial charge in [-0.3, -0.25) is 4.79 Å². The highest BCUT2D eigenvalue weighted by Gasteiger charge is 2.13. The molecule has 0 radical (unpaired) electrons. The number of nitrogens with zero attached hydrogens (tertiary/aromatic N) is 2. The summed E-state index contributed by atoms with van der Waals surface area (Å²) in [6.45, 7) is 0. The molecule has 20 heavy (non-hydrogen) atoms. The van der Waals surface area contributed by atoms with E-state index in [1.54, 1.807) is 18.3 Å². The van der Waals surface area contributed by atoms with Crippen LogP contribution < -0.4 is 10.2 Å². The standard InChI is InChI=1S/C14H13Br2N3O/c1-19(2)12-6-5-9(15)8-11(12)18-14(20)10-4-3-7-17-13(10)16/h3-8H,1-2H3,(H,18,20). The summed E-state index contributed by atoms with van der Waals surface area (Å²) >= 11 is 6.70. The van der Waals surface area contributed by atoms with Crippen molar-refractivity contribution in [2.45, 2.75) is 0 Å². The smallest absolute Gasteiger partial charge is 0.258 e. The van der Waals surface area contributed by atoms with Crippen LogP contribution >= 0.6 is 31.9 Å². The Morgan fingerprint density at radius 2 is 2.00 bits per heavy atom. The normalized spacial score (nSPS) is 10.2. The van der Waals surface area contributed by atoms with Crippen molar-refractivity contribution in [3.63, 3.8) is 0 Å². The maximum absolute atomic E-state index is 12.3. The lowest BCUT2D eigenvalue weighted by atomic mass is 10.2. The number of halogens is 2. The number of anilines is 2. The monoisotopic (exact) mass is 397 g/mol. The second-order valence-electron chi connectivity index (χ2n) is 4.35. The summed E-state index contributed by atoms with van der Waals surface area (Å²) < 4.78 is 1.43. The van der Waals surface area contributed by atoms with E-state index in [0.717, 1.165) is 15.8 Å². The summed E-state index contributed by atoms with van der Waals surface area (Å²) in [6.07, 6.45) is 1.63. The van der Waals surface area contributed by atoms with Gasteiger partial charge in [0, 0.05) is 24.8 Å². The highest BCUT2D eigenvalue weighted by atomic mass is 79.9. The van der Waals surface area contributed by atoms with E-state index in [1.165, 1.54) is 0 Å². The zero-order valence-corrected chi connectivity index (χ0v) is 14.2. The summed E-state index contributed by atoms with van der Waals surface area (Å²) in [6, 6.07) is 9.20. The van der Waals surface area contributed by atoms with Crippen LogP contribution in [0.15, 0.2) is 45.6 Å². The highest BCUT2D eigenvalue weighted by molar-refractivity contribution is 9.10. The van der Waals surface area contributed by atoms with Gasteiger partial charge in [0.25, 0.3) is 5.91 Å². The van der Waals surface area contributed by atoms with Crippen molar-refractivity contribution in [2.75, 3.05) is 24.3 Å². The molecule has 0 fully saturated rings. The molecule has 1 aromatic heterocycles. The van der Waals surface area contributed by atoms with E-state index in [1.807, 2.05) is 37.2 Å². The van der Waals surface area contributed by atoms with Gasteiger partial charge < -0.3 is 10.2 Å². The van der Waals surface area contributed by atoms with Gasteiger partial charge in [0.15, 0.2) is 0 Å². The van der Waals surface area contributed by atoms with Gasteiger partial charge in [0.1, 0.15) is 4.60 Å². The molecule has 1 N–H and O–H groups in total. The van der Waals surface area contributed by atoms with Crippen molar-refractivity contribution >= 4 is 49.1 Å². The Morgan fingerprint density at radius 1 is 1.25 bits per heavy atom. The molecule has 2 aromatic rings. The number of rotatable bonds is 3. The number of benzene rings is 1. The molecular weight excluding hydrogens is 386 g/mol. The number of hydrogen-bond donors (Lipinski definition) is 1. The van der Waals surface area contributed by atoms with Gasteiger partial charge in [0.2, 0.25) is 0 Å². The Hall–Kier alpha value is -1.40. The van der Waals surface area contributed by atoms with Crippen LogP contribution in [0.4, 0.5) is 11.4 Å². The number of hydrogen-bond acceptors (Lipinski definition) is 3. The minimum absolute atomic E-state index is 0.203. The Labute approximate surface area is 134 Å². The van der Waals surface area contributed by atoms with Crippen LogP contribution in [0, 0.1) is 0 Å². The van der Waals surface area contributed by atoms with Crippen LogP contribution in [0.2, 0.25) is 0 Å². The first-order valence-electron chi connectivity index (χ1n) is 5.88. The molecule has 0 aliphatic rings. The third kappa shape index (κ3) is 3.37. The topological polar surface area (TPSA) is 45.2 Å². The Bertz CT molecular complexity index is 644. The Balaban J connectivity index is 2.33. The lowest BCUT2D eigenvalue weighted by Crippen LogP contribution is -2.17. The van der Waals surface area contributed by atoms with E-state index in [0.29, 0.717) is 10.2 Å². The molecule has 104 valence electrons. The van der Waals surface area contributed by atoms with E-state index >= 15 is 0 Å². The SMILES string of the molecule is CN(C)c1ccc(Br)cc1NC(=O)c1cccnc1Br. The van der Waals surface area contributed by atoms with Crippen LogP contribution in [-0.2, 0) is 0 Å². The molecule has 1 amide bonds. The molecule has 0 atom stereocenters. The van der Waals surface area contributed by atoms with Crippen LogP contribution in [0.3, 0.4) is 0 Å². The van der Waals surface area contributed by atoms with E-state index < -0.39 is 0 Å². The highest BCUT2D eigenvalue weighted by Crippen LogP contribution is 2.28. The van der Waals surface area contributed by atoms with Gasteiger partial charge in [-0.2, -0.15) is 0 Å². The van der Waals surface area contributed by atoms with Gasteiger partial charge in [-0.25, -0.2) is 4.98 Å². The first-order valence-corrected chi connectivity index (χ1v) is 7.46. The van der Waals surface area contributed by atoms with Crippen molar-refractivity contribution in [1.82, 2.24) is 4.98 Å². The third-order valence-electron chi connectivity index (χ3n) is 2.69. The van der Waals surface area contributed by atoms with Gasteiger partial charge in [-0.15, -0.1) is 0 Å². The molecule has 0 bridgehead atoms. The lowest BCUT2D eigenvalue weighted by Gasteiger charge is -2.18. The number of carbonyl (C=O) groups excluding carboxylic acids is 1. The van der Waals surface area contributed by atoms with Crippen LogP contribution in [-0.4, -0.2) is 25.0 Å². The number of aromatic nitrogens is 1. The molecule has 0 unspecified atom stereocenters. The van der Waals surface area contributed by atoms with Gasteiger partial charge in [-0.05, 0) is 46.3 Å². The molecular formula is C14H13Br2N3O. The third-order valence-corrected chi connectivity index (χ3v) is 3.82. The first-order chi connectivity index (χ1) is 9.49. The van der Waals surface area contributed by atoms with E-state index in [4.69, 9.17) is 0 Å². The molecule has 0 spiro atoms. The fourth-order valence-electron chi connectivity index (χ4n) is 1.74. The van der Waals surface area contributed by atoms with Crippen LogP contribution in [0.25, 0.3) is 0 Å². The van der Waals surface area contributed by atoms with E-state index in [9.17, 15) is 4.79 Å². The van der Waals surface area contributed by atoms with Crippen molar-refractivity contribution in [1.29, 1.82) is 0 Å². The zero-order chi connectivity index (χ0) is 14.7. The van der Waals surface area contributed by atoms with Crippen molar-refractivity contribution < 1.29 is 4.79 Å². The summed E-state index contributed by atoms with van der Waals surface area (Å²) in [4.78, 5) is 18.3. The summed E-state index contributed by atoms with van der Waals surface area (Å²) in [5.74, 6) is -0.203. The van der Waals surface area contributed by atoms with Crippen molar-refractivity contribution in [3.05, 3.63) is 51.2 Å². The van der Waals surface area contributed by atoms with E-state index in [2.05, 4.69) is 42.2 Å². The fourth-order valence-corrected chi connectivity index (χ4v) is 2.53. The van der Waals surface area contributed by atoms with Gasteiger partial charge in [0.05, 0.1) is 16.9 Å². The second kappa shape index (κ2) is 6.37. The molecule has 0 saturated heterocycles. The van der Waals surface area contributed by atoms with Crippen LogP contribution in [0.1, 0.15) is 10.4 Å². The molecule has 0 saturated carbocycles. The molecule has 4 nitrogen and oxygen atoms in total. The molecule has 0 aliphatic carbocycles. The second-order valence-corrected chi connectivity index (χ2v) is 6.02. The Kier molecular flexibility index (Phi) is 4.77. The number of pyridine rings is 1. The average molecular weight is 399 g/mol. The number of nitrogens with one attached hydrogen (secondary N) is 1. The van der Waals surface area contributed by atoms with Crippen molar-refractivity contribution in [3.8, 4) is 0 Å². The van der Waals surface area contributed by atoms with Crippen molar-refractivity contribution in [2.24, 2.45) is 0 Å². The minimum Gasteiger partial charge on any atom is -0.376 e. The summed E-state index contributed by atoms with van der Waals surface area (Å²) in [7, 11) is 3.86. The number of amides is 1. The maximum Gasteiger partial charge on any atom is 0.258 e. The predicted molar refractivity (Wildman–Crippen MR) is 88.4 cm³/mol. The molecule has 1 aromatic carbocycles. The van der Waals surface area contributed by atoms with Gasteiger partial charge in [-0.1, -0.05) is 15.9 Å². The minimum atomic E-state index is -0.203. The van der Waals surface area contributed by atoms with Gasteiger partial charge >= 0.3 is 0 Å². The quantitative estimate of drug-likeness (QED) is 0.796. The molecule has 1 heterocycles. The summed E-state index contributed by atoms with van der Waals surface area (Å²) in [5.41, 5.74) is 2.17. The molecule has 6 heteroatoms. The molecule has 0 aliphatic heterocycles. The Morgan fingerprint density at radius 3 is 2.65 bits per heavy atom. The molecule has 2 rings (SSSR count). The summed E-state index contributed by atoms with van der Waals surface area (Å²) in [5, 5.41) is 2.91. The van der Waals surface area contributed by atoms with E-state index in [-0.39, 0.29) is 5.91 Å².